The molecule has 0 unspecified atom stereocenters. The Labute approximate surface area is 75.5 Å². The SMILES string of the molecule is O=[N+]([O-])[O-].O=[N+]([O-])[O-].[NH2][Pd+2]([NH2])([NH2])[NH2]. The van der Waals surface area contributed by atoms with Crippen LogP contribution in [0.1, 0.15) is 0 Å². The normalized spacial score (nSPS) is 9.54. The predicted octanol–water partition coefficient (Wildman–Crippen LogP) is -2.84. The molecule has 0 atom stereocenters. The first kappa shape index (κ1) is 17.9. The van der Waals surface area contributed by atoms with Crippen LogP contribution in [0, 0.1) is 30.6 Å². The van der Waals surface area contributed by atoms with Gasteiger partial charge in [0.15, 0.2) is 0 Å². The Kier molecular flexibility index (Phi) is 12.4. The summed E-state index contributed by atoms with van der Waals surface area (Å²) in [6.07, 6.45) is 0. The molecule has 0 rings (SSSR count). The van der Waals surface area contributed by atoms with Crippen molar-refractivity contribution in [3.8, 4) is 0 Å². The van der Waals surface area contributed by atoms with E-state index in [9.17, 15) is 0 Å². The van der Waals surface area contributed by atoms with E-state index in [0.29, 0.717) is 0 Å². The van der Waals surface area contributed by atoms with Gasteiger partial charge in [0, 0.05) is 0 Å². The van der Waals surface area contributed by atoms with Crippen molar-refractivity contribution in [3.05, 3.63) is 30.6 Å². The van der Waals surface area contributed by atoms with Crippen LogP contribution in [0.4, 0.5) is 0 Å². The first-order valence-corrected chi connectivity index (χ1v) is 5.42. The van der Waals surface area contributed by atoms with Gasteiger partial charge in [-0.3, -0.25) is 0 Å². The number of rotatable bonds is 0. The van der Waals surface area contributed by atoms with Crippen molar-refractivity contribution in [3.63, 3.8) is 0 Å². The van der Waals surface area contributed by atoms with Gasteiger partial charge in [-0.2, -0.15) is 0 Å². The van der Waals surface area contributed by atoms with Crippen molar-refractivity contribution in [2.75, 3.05) is 0 Å². The van der Waals surface area contributed by atoms with Crippen LogP contribution in [-0.2, 0) is 16.5 Å². The third-order valence-corrected chi connectivity index (χ3v) is 0. The van der Waals surface area contributed by atoms with Gasteiger partial charge < -0.3 is 30.6 Å². The number of hydrogen-bond acceptors (Lipinski definition) is 10. The van der Waals surface area contributed by atoms with Crippen LogP contribution < -0.4 is 17.5 Å². The zero-order valence-corrected chi connectivity index (χ0v) is 7.52. The molecule has 0 aliphatic heterocycles. The Balaban J connectivity index is -0.000000117. The standard InChI is InChI=1S/2NO3.4H2N.Pd/c2*2-1(3)4;;;;;/h;;4*1H2;/q6*-1;+6. The maximum absolute atomic E-state index is 8.25. The summed E-state index contributed by atoms with van der Waals surface area (Å²) < 4.78 is 19.4. The molecule has 0 aliphatic rings. The van der Waals surface area contributed by atoms with Crippen LogP contribution >= 0.6 is 0 Å². The van der Waals surface area contributed by atoms with Gasteiger partial charge in [-0.25, -0.2) is 0 Å². The van der Waals surface area contributed by atoms with Crippen molar-refractivity contribution < 1.29 is 26.7 Å². The molecule has 0 aliphatic carbocycles. The molecule has 0 saturated carbocycles. The molecule has 0 aromatic heterocycles. The Morgan fingerprint density at radius 1 is 0.769 bits per heavy atom. The molecule has 0 heterocycles. The second-order valence-corrected chi connectivity index (χ2v) is 4.19. The molecule has 0 saturated heterocycles. The molecule has 84 valence electrons. The fourth-order valence-electron chi connectivity index (χ4n) is 0. The van der Waals surface area contributed by atoms with E-state index in [1.165, 1.54) is 0 Å². The molecule has 0 fully saturated rings. The van der Waals surface area contributed by atoms with Gasteiger partial charge in [0.2, 0.25) is 0 Å². The summed E-state index contributed by atoms with van der Waals surface area (Å²) in [7, 11) is 0. The van der Waals surface area contributed by atoms with Crippen molar-refractivity contribution >= 4 is 0 Å². The van der Waals surface area contributed by atoms with Crippen LogP contribution in [0.15, 0.2) is 0 Å². The van der Waals surface area contributed by atoms with E-state index in [-0.39, 0.29) is 0 Å². The van der Waals surface area contributed by atoms with Gasteiger partial charge in [0.25, 0.3) is 0 Å². The van der Waals surface area contributed by atoms with E-state index in [2.05, 4.69) is 0 Å². The van der Waals surface area contributed by atoms with Gasteiger partial charge in [0.05, 0.1) is 10.2 Å². The monoisotopic (exact) mass is 294 g/mol. The van der Waals surface area contributed by atoms with E-state index in [0.717, 1.165) is 0 Å². The Bertz CT molecular complexity index is 124. The van der Waals surface area contributed by atoms with E-state index in [4.69, 9.17) is 48.1 Å². The third-order valence-electron chi connectivity index (χ3n) is 0. The summed E-state index contributed by atoms with van der Waals surface area (Å²) in [6, 6.07) is 0. The fourth-order valence-corrected chi connectivity index (χ4v) is 0. The molecule has 0 amide bonds. The van der Waals surface area contributed by atoms with Crippen molar-refractivity contribution in [1.29, 1.82) is 0 Å². The Hall–Kier alpha value is -1.10. The minimum atomic E-state index is -2.70. The van der Waals surface area contributed by atoms with Gasteiger partial charge in [-0.05, 0) is 0 Å². The number of hydrogen-bond donors (Lipinski definition) is 4. The van der Waals surface area contributed by atoms with Gasteiger partial charge in [-0.15, -0.1) is 0 Å². The summed E-state index contributed by atoms with van der Waals surface area (Å²) in [4.78, 5) is 16.5. The molecule has 8 N–H and O–H groups in total. The summed E-state index contributed by atoms with van der Waals surface area (Å²) in [6.45, 7) is 0. The van der Waals surface area contributed by atoms with Gasteiger partial charge >= 0.3 is 34.0 Å². The van der Waals surface area contributed by atoms with Crippen LogP contribution in [0.25, 0.3) is 0 Å². The minimum absolute atomic E-state index is 1.75. The van der Waals surface area contributed by atoms with E-state index in [1.807, 2.05) is 0 Å². The zero-order valence-electron chi connectivity index (χ0n) is 5.97. The van der Waals surface area contributed by atoms with Crippen LogP contribution in [0.2, 0.25) is 0 Å². The van der Waals surface area contributed by atoms with Gasteiger partial charge in [-0.1, -0.05) is 0 Å². The summed E-state index contributed by atoms with van der Waals surface area (Å²) >= 11 is -2.70. The molecule has 13 heavy (non-hydrogen) atoms. The molecular weight excluding hydrogens is 286 g/mol. The number of nitrogens with zero attached hydrogens (tertiary/aromatic N) is 2. The number of nitrogens with two attached hydrogens (primary N) is 4. The zero-order chi connectivity index (χ0) is 11.7. The second-order valence-electron chi connectivity index (χ2n) is 1.08. The summed E-state index contributed by atoms with van der Waals surface area (Å²) in [5.74, 6) is 0. The first-order chi connectivity index (χ1) is 5.46. The fraction of sp³-hybridized carbons (Fsp3) is 0. The van der Waals surface area contributed by atoms with Crippen molar-refractivity contribution in [2.24, 2.45) is 17.5 Å². The molecular formula is H8N6O6Pd. The van der Waals surface area contributed by atoms with E-state index >= 15 is 0 Å². The summed E-state index contributed by atoms with van der Waals surface area (Å²) in [5, 5.41) is 29.5. The van der Waals surface area contributed by atoms with Gasteiger partial charge in [0.1, 0.15) is 0 Å². The Morgan fingerprint density at radius 2 is 0.769 bits per heavy atom. The molecule has 13 heteroatoms. The second kappa shape index (κ2) is 8.99. The molecule has 12 nitrogen and oxygen atoms in total. The van der Waals surface area contributed by atoms with Crippen molar-refractivity contribution in [1.82, 2.24) is 0 Å². The average molecular weight is 295 g/mol. The molecule has 0 radical (unpaired) electrons. The van der Waals surface area contributed by atoms with Crippen LogP contribution in [-0.4, -0.2) is 10.2 Å². The van der Waals surface area contributed by atoms with Crippen LogP contribution in [0.3, 0.4) is 0 Å². The van der Waals surface area contributed by atoms with Crippen LogP contribution in [0.5, 0.6) is 0 Å². The third kappa shape index (κ3) is 717. The summed E-state index contributed by atoms with van der Waals surface area (Å²) in [5.41, 5.74) is 0. The maximum atomic E-state index is 8.25. The molecule has 0 aromatic rings. The molecule has 0 spiro atoms. The Morgan fingerprint density at radius 3 is 0.769 bits per heavy atom. The average Bonchev–Trinajstić information content (AvgIpc) is 1.50. The molecule has 0 bridgehead atoms. The quantitative estimate of drug-likeness (QED) is 0.202. The van der Waals surface area contributed by atoms with E-state index < -0.39 is 26.7 Å². The van der Waals surface area contributed by atoms with Crippen molar-refractivity contribution in [2.45, 2.75) is 0 Å². The van der Waals surface area contributed by atoms with E-state index in [1.54, 1.807) is 0 Å². The first-order valence-electron chi connectivity index (χ1n) is 1.83. The topological polar surface area (TPSA) is 236 Å². The predicted molar refractivity (Wildman–Crippen MR) is 37.5 cm³/mol. The molecule has 0 aromatic carbocycles.